The molecule has 0 aromatic carbocycles. The number of carbonyl (C=O) groups excluding carboxylic acids is 2. The Balaban J connectivity index is 1.80. The lowest BCUT2D eigenvalue weighted by Crippen LogP contribution is -2.48. The monoisotopic (exact) mass is 290 g/mol. The first-order valence-corrected chi connectivity index (χ1v) is 7.72. The summed E-state index contributed by atoms with van der Waals surface area (Å²) in [5.41, 5.74) is 1.32. The van der Waals surface area contributed by atoms with Crippen molar-refractivity contribution in [2.24, 2.45) is 5.92 Å². The molecular weight excluding hydrogens is 268 g/mol. The summed E-state index contributed by atoms with van der Waals surface area (Å²) in [7, 11) is 0. The van der Waals surface area contributed by atoms with Crippen molar-refractivity contribution in [3.63, 3.8) is 0 Å². The van der Waals surface area contributed by atoms with Crippen LogP contribution >= 0.6 is 0 Å². The average molecular weight is 290 g/mol. The molecule has 3 aliphatic heterocycles. The molecule has 0 spiro atoms. The first kappa shape index (κ1) is 14.1. The molecule has 2 bridgehead atoms. The van der Waals surface area contributed by atoms with Crippen LogP contribution in [0, 0.1) is 12.8 Å². The first-order chi connectivity index (χ1) is 10.1. The number of piperidine rings is 1. The van der Waals surface area contributed by atoms with Gasteiger partial charge in [0.15, 0.2) is 0 Å². The van der Waals surface area contributed by atoms with Crippen LogP contribution in [-0.2, 0) is 4.79 Å². The van der Waals surface area contributed by atoms with Crippen molar-refractivity contribution in [1.82, 2.24) is 20.0 Å². The quantitative estimate of drug-likeness (QED) is 0.909. The highest BCUT2D eigenvalue weighted by atomic mass is 16.2. The van der Waals surface area contributed by atoms with Crippen molar-refractivity contribution in [2.75, 3.05) is 19.6 Å². The minimum Gasteiger partial charge on any atom is -0.338 e. The number of carbonyl (C=O) groups is 2. The van der Waals surface area contributed by atoms with Gasteiger partial charge in [0.2, 0.25) is 5.91 Å². The molecule has 3 fully saturated rings. The van der Waals surface area contributed by atoms with Crippen LogP contribution in [0.4, 0.5) is 0 Å². The second-order valence-electron chi connectivity index (χ2n) is 6.11. The van der Waals surface area contributed by atoms with E-state index >= 15 is 0 Å². The van der Waals surface area contributed by atoms with Crippen molar-refractivity contribution in [3.05, 3.63) is 17.5 Å². The maximum Gasteiger partial charge on any atom is 0.274 e. The third-order valence-corrected chi connectivity index (χ3v) is 4.47. The van der Waals surface area contributed by atoms with E-state index in [-0.39, 0.29) is 23.8 Å². The number of aryl methyl sites for hydroxylation is 1. The summed E-state index contributed by atoms with van der Waals surface area (Å²) in [5, 5.41) is 6.86. The van der Waals surface area contributed by atoms with E-state index in [9.17, 15) is 9.59 Å². The molecule has 6 nitrogen and oxygen atoms in total. The molecule has 114 valence electrons. The zero-order valence-corrected chi connectivity index (χ0v) is 12.6. The topological polar surface area (TPSA) is 69.3 Å². The summed E-state index contributed by atoms with van der Waals surface area (Å²) < 4.78 is 0. The summed E-state index contributed by atoms with van der Waals surface area (Å²) >= 11 is 0. The maximum absolute atomic E-state index is 12.6. The Bertz CT molecular complexity index is 554. The summed E-state index contributed by atoms with van der Waals surface area (Å²) in [4.78, 5) is 28.8. The largest absolute Gasteiger partial charge is 0.338 e. The Morgan fingerprint density at radius 1 is 1.43 bits per heavy atom. The van der Waals surface area contributed by atoms with E-state index < -0.39 is 0 Å². The Morgan fingerprint density at radius 3 is 2.90 bits per heavy atom. The maximum atomic E-state index is 12.6. The van der Waals surface area contributed by atoms with Crippen molar-refractivity contribution < 1.29 is 9.59 Å². The second-order valence-corrected chi connectivity index (χ2v) is 6.11. The lowest BCUT2D eigenvalue weighted by atomic mass is 9.94. The van der Waals surface area contributed by atoms with Gasteiger partial charge >= 0.3 is 0 Å². The van der Waals surface area contributed by atoms with Gasteiger partial charge in [0, 0.05) is 31.4 Å². The van der Waals surface area contributed by atoms with Gasteiger partial charge in [0.25, 0.3) is 5.91 Å². The Labute approximate surface area is 124 Å². The van der Waals surface area contributed by atoms with Gasteiger partial charge in [-0.1, -0.05) is 6.92 Å². The van der Waals surface area contributed by atoms with Gasteiger partial charge in [-0.3, -0.25) is 14.7 Å². The second kappa shape index (κ2) is 5.50. The third-order valence-electron chi connectivity index (χ3n) is 4.47. The first-order valence-electron chi connectivity index (χ1n) is 7.72. The number of hydrogen-bond acceptors (Lipinski definition) is 3. The van der Waals surface area contributed by atoms with E-state index in [1.54, 1.807) is 6.07 Å². The fourth-order valence-corrected chi connectivity index (χ4v) is 3.43. The van der Waals surface area contributed by atoms with Crippen LogP contribution in [-0.4, -0.2) is 57.5 Å². The summed E-state index contributed by atoms with van der Waals surface area (Å²) in [6.45, 7) is 5.92. The number of nitrogens with one attached hydrogen (secondary N) is 1. The van der Waals surface area contributed by atoms with Gasteiger partial charge in [-0.25, -0.2) is 0 Å². The van der Waals surface area contributed by atoms with Crippen LogP contribution in [0.3, 0.4) is 0 Å². The molecular formula is C15H22N4O2. The van der Waals surface area contributed by atoms with Gasteiger partial charge in [-0.15, -0.1) is 0 Å². The fraction of sp³-hybridized carbons (Fsp3) is 0.667. The number of nitrogens with zero attached hydrogens (tertiary/aromatic N) is 3. The minimum atomic E-state index is -0.0672. The molecule has 3 aliphatic rings. The molecule has 4 heterocycles. The smallest absolute Gasteiger partial charge is 0.274 e. The Hall–Kier alpha value is -1.85. The third kappa shape index (κ3) is 2.54. The van der Waals surface area contributed by atoms with Gasteiger partial charge in [-0.05, 0) is 32.3 Å². The molecule has 2 atom stereocenters. The summed E-state index contributed by atoms with van der Waals surface area (Å²) in [6, 6.07) is 1.93. The number of hydrogen-bond donors (Lipinski definition) is 1. The number of aromatic nitrogens is 2. The Morgan fingerprint density at radius 2 is 2.24 bits per heavy atom. The average Bonchev–Trinajstić information content (AvgIpc) is 2.72. The molecule has 3 saturated heterocycles. The molecule has 21 heavy (non-hydrogen) atoms. The van der Waals surface area contributed by atoms with Crippen LogP contribution in [0.2, 0.25) is 0 Å². The van der Waals surface area contributed by atoms with Gasteiger partial charge in [0.1, 0.15) is 5.69 Å². The van der Waals surface area contributed by atoms with Gasteiger partial charge < -0.3 is 9.80 Å². The zero-order chi connectivity index (χ0) is 15.0. The molecule has 0 saturated carbocycles. The van der Waals surface area contributed by atoms with Crippen LogP contribution < -0.4 is 0 Å². The summed E-state index contributed by atoms with van der Waals surface area (Å²) in [5.74, 6) is 0.114. The van der Waals surface area contributed by atoms with E-state index in [4.69, 9.17) is 0 Å². The van der Waals surface area contributed by atoms with Crippen molar-refractivity contribution in [3.8, 4) is 0 Å². The lowest BCUT2D eigenvalue weighted by Gasteiger charge is -2.35. The molecule has 6 heteroatoms. The van der Waals surface area contributed by atoms with E-state index in [1.165, 1.54) is 0 Å². The summed E-state index contributed by atoms with van der Waals surface area (Å²) in [6.07, 6.45) is 2.86. The van der Waals surface area contributed by atoms with Crippen LogP contribution in [0.15, 0.2) is 6.07 Å². The molecule has 4 rings (SSSR count). The number of rotatable bonds is 3. The zero-order valence-electron chi connectivity index (χ0n) is 12.6. The molecule has 2 amide bonds. The minimum absolute atomic E-state index is 0.0423. The van der Waals surface area contributed by atoms with Crippen molar-refractivity contribution >= 4 is 11.8 Å². The molecule has 0 radical (unpaired) electrons. The lowest BCUT2D eigenvalue weighted by molar-refractivity contribution is -0.139. The van der Waals surface area contributed by atoms with E-state index in [0.29, 0.717) is 18.8 Å². The number of amides is 2. The van der Waals surface area contributed by atoms with Gasteiger partial charge in [0.05, 0.1) is 5.92 Å². The number of fused-ring (bicyclic) bond motifs is 4. The fourth-order valence-electron chi connectivity index (χ4n) is 3.43. The Kier molecular flexibility index (Phi) is 3.69. The van der Waals surface area contributed by atoms with Crippen molar-refractivity contribution in [1.29, 1.82) is 0 Å². The molecule has 1 aromatic heterocycles. The number of H-pyrrole nitrogens is 1. The molecule has 0 aliphatic carbocycles. The predicted octanol–water partition coefficient (Wildman–Crippen LogP) is 1.19. The highest BCUT2D eigenvalue weighted by Crippen LogP contribution is 2.29. The van der Waals surface area contributed by atoms with Crippen LogP contribution in [0.1, 0.15) is 42.4 Å². The van der Waals surface area contributed by atoms with Gasteiger partial charge in [-0.2, -0.15) is 5.10 Å². The highest BCUT2D eigenvalue weighted by molar-refractivity contribution is 5.93. The standard InChI is InChI=1S/C15H22N4O2/c1-3-6-19-12-5-4-11(14(19)20)8-18(9-12)15(21)13-7-10(2)16-17-13/h7,11-12H,3-6,8-9H2,1-2H3,(H,16,17)/t11-,12+/m0/s1. The number of aromatic amines is 1. The SMILES string of the molecule is CCCN1C(=O)[C@H]2CC[C@@H]1CN(C(=O)c1cc(C)[nH]n1)C2. The van der Waals surface area contributed by atoms with E-state index in [0.717, 1.165) is 31.5 Å². The highest BCUT2D eigenvalue weighted by Gasteiger charge is 2.41. The normalized spacial score (nSPS) is 25.3. The van der Waals surface area contributed by atoms with Crippen LogP contribution in [0.5, 0.6) is 0 Å². The molecule has 1 N–H and O–H groups in total. The van der Waals surface area contributed by atoms with E-state index in [1.807, 2.05) is 16.7 Å². The van der Waals surface area contributed by atoms with E-state index in [2.05, 4.69) is 17.1 Å². The predicted molar refractivity (Wildman–Crippen MR) is 77.7 cm³/mol. The van der Waals surface area contributed by atoms with Crippen molar-refractivity contribution in [2.45, 2.75) is 39.2 Å². The molecule has 0 unspecified atom stereocenters. The molecule has 1 aromatic rings. The van der Waals surface area contributed by atoms with Crippen LogP contribution in [0.25, 0.3) is 0 Å².